The Morgan fingerprint density at radius 1 is 1.16 bits per heavy atom. The fourth-order valence-corrected chi connectivity index (χ4v) is 5.15. The maximum atomic E-state index is 15.5. The number of nitrogens with zero attached hydrogens (tertiary/aromatic N) is 2. The lowest BCUT2D eigenvalue weighted by Gasteiger charge is -2.32. The van der Waals surface area contributed by atoms with Crippen LogP contribution in [-0.2, 0) is 9.59 Å². The smallest absolute Gasteiger partial charge is 0.394 e. The van der Waals surface area contributed by atoms with E-state index in [1.807, 2.05) is 6.92 Å². The van der Waals surface area contributed by atoms with Gasteiger partial charge in [0.05, 0.1) is 0 Å². The van der Waals surface area contributed by atoms with Gasteiger partial charge < -0.3 is 28.2 Å². The van der Waals surface area contributed by atoms with Crippen LogP contribution in [0.1, 0.15) is 62.4 Å². The Balaban J connectivity index is 1.47. The van der Waals surface area contributed by atoms with Crippen LogP contribution in [0.4, 0.5) is 8.63 Å². The van der Waals surface area contributed by atoms with E-state index in [1.165, 1.54) is 6.92 Å². The lowest BCUT2D eigenvalue weighted by Crippen LogP contribution is -2.53. The molecule has 2 atom stereocenters. The molecule has 1 saturated carbocycles. The number of hydrogen-bond donors (Lipinski definition) is 2. The van der Waals surface area contributed by atoms with Gasteiger partial charge in [-0.3, -0.25) is 9.59 Å². The van der Waals surface area contributed by atoms with E-state index < -0.39 is 6.97 Å². The zero-order chi connectivity index (χ0) is 22.3. The Kier molecular flexibility index (Phi) is 5.62. The van der Waals surface area contributed by atoms with Crippen LogP contribution in [0.5, 0.6) is 0 Å². The molecule has 0 spiro atoms. The van der Waals surface area contributed by atoms with E-state index in [2.05, 4.69) is 10.6 Å². The standard InChI is InChI=1S/C22H29BF2N4O2/c1-14-12-15(2)28-21(14)13-18-9-8-17(29(18)23(28,24)25)10-11-22(31)27-20-7-5-4-6-19(20)26-16(3)30/h8-9,12-13,19-20H,4-7,10-11H2,1-3H3,(H,26,30)(H,27,31)/t19-,20+/m1/s1. The molecule has 1 aromatic heterocycles. The third kappa shape index (κ3) is 3.97. The van der Waals surface area contributed by atoms with E-state index in [4.69, 9.17) is 0 Å². The van der Waals surface area contributed by atoms with Gasteiger partial charge in [-0.2, -0.15) is 0 Å². The van der Waals surface area contributed by atoms with Crippen molar-refractivity contribution in [1.29, 1.82) is 0 Å². The number of rotatable bonds is 5. The summed E-state index contributed by atoms with van der Waals surface area (Å²) in [6.07, 6.45) is 9.16. The first-order chi connectivity index (χ1) is 14.7. The molecular formula is C22H29BF2N4O2. The molecule has 2 aliphatic heterocycles. The van der Waals surface area contributed by atoms with E-state index >= 15 is 8.63 Å². The SMILES string of the molecule is CC(=O)N[C@@H]1CCCC[C@@H]1NC(=O)CCC1=[N+]2C(=Cc3c(C)cc(C)n3[B-]2(F)F)C=C1. The zero-order valence-corrected chi connectivity index (χ0v) is 18.3. The second kappa shape index (κ2) is 8.09. The van der Waals surface area contributed by atoms with Crippen molar-refractivity contribution in [3.63, 3.8) is 0 Å². The van der Waals surface area contributed by atoms with Crippen molar-refractivity contribution in [2.45, 2.75) is 71.4 Å². The summed E-state index contributed by atoms with van der Waals surface area (Å²) in [7, 11) is 0. The van der Waals surface area contributed by atoms with Crippen molar-refractivity contribution in [3.8, 4) is 0 Å². The molecule has 9 heteroatoms. The summed E-state index contributed by atoms with van der Waals surface area (Å²) in [5.74, 6) is -0.288. The molecule has 0 radical (unpaired) electrons. The average molecular weight is 430 g/mol. The molecule has 3 aliphatic rings. The number of allylic oxidation sites excluding steroid dienone is 2. The highest BCUT2D eigenvalue weighted by Crippen LogP contribution is 2.34. The van der Waals surface area contributed by atoms with E-state index in [-0.39, 0.29) is 36.7 Å². The predicted octanol–water partition coefficient (Wildman–Crippen LogP) is 3.05. The van der Waals surface area contributed by atoms with Gasteiger partial charge in [0.2, 0.25) is 11.8 Å². The third-order valence-corrected chi connectivity index (χ3v) is 6.52. The molecule has 2 amide bonds. The minimum absolute atomic E-state index is 0.0723. The van der Waals surface area contributed by atoms with Crippen molar-refractivity contribution < 1.29 is 22.7 Å². The summed E-state index contributed by atoms with van der Waals surface area (Å²) in [5.41, 5.74) is 2.81. The molecular weight excluding hydrogens is 401 g/mol. The summed E-state index contributed by atoms with van der Waals surface area (Å²) in [6, 6.07) is 1.59. The van der Waals surface area contributed by atoms with Crippen molar-refractivity contribution >= 4 is 30.6 Å². The molecule has 6 nitrogen and oxygen atoms in total. The van der Waals surface area contributed by atoms with E-state index in [0.29, 0.717) is 22.8 Å². The molecule has 1 fully saturated rings. The maximum Gasteiger partial charge on any atom is 0.737 e. The Morgan fingerprint density at radius 2 is 1.84 bits per heavy atom. The molecule has 0 aromatic carbocycles. The van der Waals surface area contributed by atoms with Crippen molar-refractivity contribution in [3.05, 3.63) is 40.9 Å². The fraction of sp³-hybridized carbons (Fsp3) is 0.500. The molecule has 31 heavy (non-hydrogen) atoms. The molecule has 3 heterocycles. The first kappa shape index (κ1) is 21.5. The number of carbonyl (C=O) groups excluding carboxylic acids is 2. The van der Waals surface area contributed by atoms with Crippen LogP contribution in [0.25, 0.3) is 6.08 Å². The molecule has 1 aromatic rings. The van der Waals surface area contributed by atoms with Gasteiger partial charge in [-0.05, 0) is 44.0 Å². The van der Waals surface area contributed by atoms with E-state index in [9.17, 15) is 9.59 Å². The number of halogens is 2. The largest absolute Gasteiger partial charge is 0.737 e. The second-order valence-corrected chi connectivity index (χ2v) is 8.84. The summed E-state index contributed by atoms with van der Waals surface area (Å²) >= 11 is 0. The van der Waals surface area contributed by atoms with Gasteiger partial charge in [0, 0.05) is 55.8 Å². The second-order valence-electron chi connectivity index (χ2n) is 8.84. The monoisotopic (exact) mass is 430 g/mol. The van der Waals surface area contributed by atoms with Crippen molar-refractivity contribution in [1.82, 2.24) is 15.1 Å². The van der Waals surface area contributed by atoms with Crippen LogP contribution in [0.2, 0.25) is 0 Å². The Morgan fingerprint density at radius 3 is 2.52 bits per heavy atom. The van der Waals surface area contributed by atoms with E-state index in [0.717, 1.165) is 40.2 Å². The quantitative estimate of drug-likeness (QED) is 0.706. The Bertz CT molecular complexity index is 1020. The normalized spacial score (nSPS) is 23.8. The highest BCUT2D eigenvalue weighted by Gasteiger charge is 2.52. The Labute approximate surface area is 181 Å². The fourth-order valence-electron chi connectivity index (χ4n) is 5.15. The molecule has 0 bridgehead atoms. The Hall–Kier alpha value is -2.71. The van der Waals surface area contributed by atoms with Gasteiger partial charge in [-0.15, -0.1) is 0 Å². The van der Waals surface area contributed by atoms with Crippen LogP contribution in [-0.4, -0.2) is 45.5 Å². The summed E-state index contributed by atoms with van der Waals surface area (Å²) in [4.78, 5) is 24.0. The first-order valence-corrected chi connectivity index (χ1v) is 11.0. The average Bonchev–Trinajstić information content (AvgIpc) is 3.23. The molecule has 0 unspecified atom stereocenters. The molecule has 0 saturated heterocycles. The first-order valence-electron chi connectivity index (χ1n) is 11.0. The van der Waals surface area contributed by atoms with Crippen molar-refractivity contribution in [2.75, 3.05) is 0 Å². The zero-order valence-electron chi connectivity index (χ0n) is 18.3. The van der Waals surface area contributed by atoms with Gasteiger partial charge in [0.25, 0.3) is 0 Å². The molecule has 166 valence electrons. The summed E-state index contributed by atoms with van der Waals surface area (Å²) in [5, 5.41) is 5.92. The van der Waals surface area contributed by atoms with Crippen LogP contribution in [0.15, 0.2) is 23.9 Å². The van der Waals surface area contributed by atoms with Gasteiger partial charge in [0.15, 0.2) is 5.70 Å². The predicted molar refractivity (Wildman–Crippen MR) is 117 cm³/mol. The maximum absolute atomic E-state index is 15.5. The molecule has 2 N–H and O–H groups in total. The summed E-state index contributed by atoms with van der Waals surface area (Å²) in [6.45, 7) is 0.992. The van der Waals surface area contributed by atoms with Crippen LogP contribution in [0.3, 0.4) is 0 Å². The van der Waals surface area contributed by atoms with Gasteiger partial charge in [-0.25, -0.2) is 0 Å². The number of hydrogen-bond acceptors (Lipinski definition) is 2. The number of aryl methyl sites for hydroxylation is 2. The molecule has 1 aliphatic carbocycles. The number of aromatic nitrogens is 1. The number of fused-ring (bicyclic) bond motifs is 2. The highest BCUT2D eigenvalue weighted by atomic mass is 19.2. The van der Waals surface area contributed by atoms with Crippen LogP contribution in [0, 0.1) is 13.8 Å². The van der Waals surface area contributed by atoms with Gasteiger partial charge in [-0.1, -0.05) is 12.8 Å². The topological polar surface area (TPSA) is 66.1 Å². The van der Waals surface area contributed by atoms with Crippen molar-refractivity contribution in [2.24, 2.45) is 0 Å². The number of nitrogens with one attached hydrogen (secondary N) is 2. The minimum Gasteiger partial charge on any atom is -0.394 e. The highest BCUT2D eigenvalue weighted by molar-refractivity contribution is 6.58. The molecule has 4 rings (SSSR count). The third-order valence-electron chi connectivity index (χ3n) is 6.52. The minimum atomic E-state index is -4.01. The van der Waals surface area contributed by atoms with E-state index in [1.54, 1.807) is 31.2 Å². The summed E-state index contributed by atoms with van der Waals surface area (Å²) < 4.78 is 33.1. The van der Waals surface area contributed by atoms with Gasteiger partial charge in [0.1, 0.15) is 5.71 Å². The number of amides is 2. The lowest BCUT2D eigenvalue weighted by atomic mass is 9.89. The van der Waals surface area contributed by atoms with Crippen LogP contribution < -0.4 is 10.6 Å². The number of carbonyl (C=O) groups is 2. The van der Waals surface area contributed by atoms with Gasteiger partial charge >= 0.3 is 6.97 Å². The van der Waals surface area contributed by atoms with Crippen LogP contribution >= 0.6 is 0 Å². The lowest BCUT2D eigenvalue weighted by molar-refractivity contribution is -0.362.